The summed E-state index contributed by atoms with van der Waals surface area (Å²) in [6.07, 6.45) is 1.85. The summed E-state index contributed by atoms with van der Waals surface area (Å²) in [6, 6.07) is 11.9. The van der Waals surface area contributed by atoms with Gasteiger partial charge in [-0.3, -0.25) is 9.36 Å². The van der Waals surface area contributed by atoms with E-state index in [2.05, 4.69) is 29.4 Å². The lowest BCUT2D eigenvalue weighted by molar-refractivity contribution is -0.119. The highest BCUT2D eigenvalue weighted by atomic mass is 32.2. The van der Waals surface area contributed by atoms with Crippen molar-refractivity contribution in [3.05, 3.63) is 41.8 Å². The fourth-order valence-electron chi connectivity index (χ4n) is 2.85. The number of hydrogen-bond donors (Lipinski definition) is 1. The van der Waals surface area contributed by atoms with Gasteiger partial charge >= 0.3 is 0 Å². The molecule has 28 heavy (non-hydrogen) atoms. The monoisotopic (exact) mass is 416 g/mol. The summed E-state index contributed by atoms with van der Waals surface area (Å²) in [7, 11) is 1.64. The number of amides is 1. The van der Waals surface area contributed by atoms with Gasteiger partial charge in [-0.25, -0.2) is 0 Å². The molecule has 2 aromatic heterocycles. The van der Waals surface area contributed by atoms with Crippen molar-refractivity contribution in [2.45, 2.75) is 37.9 Å². The summed E-state index contributed by atoms with van der Waals surface area (Å²) >= 11 is 2.97. The maximum absolute atomic E-state index is 12.3. The lowest BCUT2D eigenvalue weighted by Crippen LogP contribution is -2.35. The highest BCUT2D eigenvalue weighted by Gasteiger charge is 2.20. The number of carbonyl (C=O) groups is 1. The molecule has 0 unspecified atom stereocenters. The third-order valence-corrected chi connectivity index (χ3v) is 6.18. The predicted molar refractivity (Wildman–Crippen MR) is 114 cm³/mol. The quantitative estimate of drug-likeness (QED) is 0.524. The molecule has 0 atom stereocenters. The molecule has 0 aliphatic rings. The Bertz CT molecular complexity index is 905. The standard InChI is InChI=1S/C20H24N4O2S2/c1-4-14(5-2)21-18(25)13-28-20-23-22-19(17-11-8-12-27-17)24(20)15-9-6-7-10-16(15)26-3/h6-12,14H,4-5,13H2,1-3H3,(H,21,25). The third-order valence-electron chi connectivity index (χ3n) is 4.38. The molecule has 0 saturated heterocycles. The van der Waals surface area contributed by atoms with E-state index in [-0.39, 0.29) is 17.7 Å². The molecule has 1 N–H and O–H groups in total. The molecule has 0 saturated carbocycles. The van der Waals surface area contributed by atoms with Crippen LogP contribution in [0.15, 0.2) is 46.9 Å². The zero-order valence-electron chi connectivity index (χ0n) is 16.2. The van der Waals surface area contributed by atoms with Gasteiger partial charge in [0.15, 0.2) is 11.0 Å². The minimum absolute atomic E-state index is 0.00551. The van der Waals surface area contributed by atoms with E-state index in [1.807, 2.05) is 46.3 Å². The number of hydrogen-bond acceptors (Lipinski definition) is 6. The molecule has 0 radical (unpaired) electrons. The van der Waals surface area contributed by atoms with Crippen LogP contribution in [0.5, 0.6) is 5.75 Å². The number of thiophene rings is 1. The van der Waals surface area contributed by atoms with Crippen molar-refractivity contribution < 1.29 is 9.53 Å². The topological polar surface area (TPSA) is 69.0 Å². The highest BCUT2D eigenvalue weighted by molar-refractivity contribution is 7.99. The van der Waals surface area contributed by atoms with Crippen LogP contribution >= 0.6 is 23.1 Å². The van der Waals surface area contributed by atoms with Crippen molar-refractivity contribution in [2.24, 2.45) is 0 Å². The number of methoxy groups -OCH3 is 1. The molecule has 0 aliphatic heterocycles. The number of nitrogens with zero attached hydrogens (tertiary/aromatic N) is 3. The van der Waals surface area contributed by atoms with Crippen LogP contribution in [0, 0.1) is 0 Å². The number of carbonyl (C=O) groups excluding carboxylic acids is 1. The van der Waals surface area contributed by atoms with Crippen LogP contribution in [0.3, 0.4) is 0 Å². The Labute approximate surface area is 173 Å². The van der Waals surface area contributed by atoms with Crippen LogP contribution in [0.4, 0.5) is 0 Å². The van der Waals surface area contributed by atoms with Crippen LogP contribution in [0.2, 0.25) is 0 Å². The summed E-state index contributed by atoms with van der Waals surface area (Å²) in [5, 5.41) is 14.5. The molecule has 148 valence electrons. The van der Waals surface area contributed by atoms with Crippen molar-refractivity contribution in [3.8, 4) is 22.1 Å². The smallest absolute Gasteiger partial charge is 0.230 e. The molecule has 0 spiro atoms. The average molecular weight is 417 g/mol. The van der Waals surface area contributed by atoms with Crippen molar-refractivity contribution in [3.63, 3.8) is 0 Å². The number of thioether (sulfide) groups is 1. The first-order valence-corrected chi connectivity index (χ1v) is 11.1. The largest absolute Gasteiger partial charge is 0.495 e. The van der Waals surface area contributed by atoms with E-state index in [1.165, 1.54) is 11.8 Å². The van der Waals surface area contributed by atoms with Gasteiger partial charge in [0.1, 0.15) is 5.75 Å². The minimum atomic E-state index is 0.00551. The zero-order chi connectivity index (χ0) is 19.9. The molecule has 6 nitrogen and oxygen atoms in total. The van der Waals surface area contributed by atoms with Gasteiger partial charge in [0.2, 0.25) is 5.91 Å². The second-order valence-electron chi connectivity index (χ2n) is 6.16. The van der Waals surface area contributed by atoms with Gasteiger partial charge in [-0.2, -0.15) is 0 Å². The number of aromatic nitrogens is 3. The van der Waals surface area contributed by atoms with Gasteiger partial charge < -0.3 is 10.1 Å². The zero-order valence-corrected chi connectivity index (χ0v) is 17.8. The number of rotatable bonds is 9. The Morgan fingerprint density at radius 2 is 2.00 bits per heavy atom. The van der Waals surface area contributed by atoms with E-state index in [1.54, 1.807) is 18.4 Å². The first-order valence-electron chi connectivity index (χ1n) is 9.22. The van der Waals surface area contributed by atoms with Gasteiger partial charge in [-0.15, -0.1) is 21.5 Å². The number of para-hydroxylation sites is 2. The van der Waals surface area contributed by atoms with Gasteiger partial charge in [0.25, 0.3) is 0 Å². The van der Waals surface area contributed by atoms with Crippen molar-refractivity contribution >= 4 is 29.0 Å². The van der Waals surface area contributed by atoms with E-state index < -0.39 is 0 Å². The van der Waals surface area contributed by atoms with E-state index in [9.17, 15) is 4.79 Å². The SMILES string of the molecule is CCC(CC)NC(=O)CSc1nnc(-c2cccs2)n1-c1ccccc1OC. The Kier molecular flexibility index (Phi) is 7.11. The molecule has 0 bridgehead atoms. The average Bonchev–Trinajstić information content (AvgIpc) is 3.39. The molecule has 3 aromatic rings. The second kappa shape index (κ2) is 9.75. The summed E-state index contributed by atoms with van der Waals surface area (Å²) in [5.41, 5.74) is 0.848. The Balaban J connectivity index is 1.91. The van der Waals surface area contributed by atoms with Crippen LogP contribution in [-0.2, 0) is 4.79 Å². The molecular weight excluding hydrogens is 392 g/mol. The van der Waals surface area contributed by atoms with E-state index in [0.717, 1.165) is 35.0 Å². The first-order chi connectivity index (χ1) is 13.7. The summed E-state index contributed by atoms with van der Waals surface area (Å²) < 4.78 is 7.50. The van der Waals surface area contributed by atoms with Crippen LogP contribution in [0.25, 0.3) is 16.4 Å². The second-order valence-corrected chi connectivity index (χ2v) is 8.05. The lowest BCUT2D eigenvalue weighted by Gasteiger charge is -2.15. The number of benzene rings is 1. The first kappa shape index (κ1) is 20.4. The molecule has 1 amide bonds. The summed E-state index contributed by atoms with van der Waals surface area (Å²) in [5.74, 6) is 1.76. The number of nitrogens with one attached hydrogen (secondary N) is 1. The van der Waals surface area contributed by atoms with E-state index >= 15 is 0 Å². The Morgan fingerprint density at radius 1 is 1.21 bits per heavy atom. The van der Waals surface area contributed by atoms with Gasteiger partial charge in [0.05, 0.1) is 23.4 Å². The Hall–Kier alpha value is -2.32. The van der Waals surface area contributed by atoms with Crippen LogP contribution in [-0.4, -0.2) is 39.6 Å². The normalized spacial score (nSPS) is 11.0. The van der Waals surface area contributed by atoms with Crippen molar-refractivity contribution in [1.82, 2.24) is 20.1 Å². The molecular formula is C20H24N4O2S2. The lowest BCUT2D eigenvalue weighted by atomic mass is 10.2. The third kappa shape index (κ3) is 4.56. The minimum Gasteiger partial charge on any atom is -0.495 e. The maximum Gasteiger partial charge on any atom is 0.230 e. The van der Waals surface area contributed by atoms with Crippen LogP contribution in [0.1, 0.15) is 26.7 Å². The molecule has 1 aromatic carbocycles. The summed E-state index contributed by atoms with van der Waals surface area (Å²) in [4.78, 5) is 13.3. The molecule has 8 heteroatoms. The maximum atomic E-state index is 12.3. The molecule has 0 aliphatic carbocycles. The molecule has 0 fully saturated rings. The van der Waals surface area contributed by atoms with E-state index in [4.69, 9.17) is 4.74 Å². The highest BCUT2D eigenvalue weighted by Crippen LogP contribution is 2.33. The molecule has 2 heterocycles. The molecule has 3 rings (SSSR count). The Morgan fingerprint density at radius 3 is 2.68 bits per heavy atom. The van der Waals surface area contributed by atoms with Gasteiger partial charge in [-0.1, -0.05) is 43.8 Å². The van der Waals surface area contributed by atoms with Gasteiger partial charge in [0, 0.05) is 6.04 Å². The fourth-order valence-corrected chi connectivity index (χ4v) is 4.31. The predicted octanol–water partition coefficient (Wildman–Crippen LogP) is 4.40. The van der Waals surface area contributed by atoms with Gasteiger partial charge in [-0.05, 0) is 36.4 Å². The summed E-state index contributed by atoms with van der Waals surface area (Å²) in [6.45, 7) is 4.15. The number of ether oxygens (including phenoxy) is 1. The fraction of sp³-hybridized carbons (Fsp3) is 0.350. The van der Waals surface area contributed by atoms with Crippen molar-refractivity contribution in [1.29, 1.82) is 0 Å². The van der Waals surface area contributed by atoms with E-state index in [0.29, 0.717) is 5.16 Å². The van der Waals surface area contributed by atoms with Crippen molar-refractivity contribution in [2.75, 3.05) is 12.9 Å². The van der Waals surface area contributed by atoms with Crippen LogP contribution < -0.4 is 10.1 Å².